The Balaban J connectivity index is 2.46. The van der Waals surface area contributed by atoms with Crippen molar-refractivity contribution in [3.05, 3.63) is 53.9 Å². The Hall–Kier alpha value is -2.30. The first-order valence-corrected chi connectivity index (χ1v) is 4.72. The highest BCUT2D eigenvalue weighted by molar-refractivity contribution is 5.85. The predicted octanol–water partition coefficient (Wildman–Crippen LogP) is 2.73. The Kier molecular flexibility index (Phi) is 2.82. The zero-order valence-corrected chi connectivity index (χ0v) is 8.52. The van der Waals surface area contributed by atoms with Crippen LogP contribution in [0.1, 0.15) is 10.5 Å². The van der Waals surface area contributed by atoms with Crippen LogP contribution in [-0.4, -0.2) is 16.1 Å². The van der Waals surface area contributed by atoms with Gasteiger partial charge in [0.2, 0.25) is 0 Å². The summed E-state index contributed by atoms with van der Waals surface area (Å²) in [5.41, 5.74) is 0.205. The maximum Gasteiger partial charge on any atom is 0.354 e. The van der Waals surface area contributed by atoms with Gasteiger partial charge >= 0.3 is 5.97 Å². The van der Waals surface area contributed by atoms with Crippen molar-refractivity contribution in [1.29, 1.82) is 0 Å². The number of halogens is 2. The molecule has 0 aliphatic heterocycles. The number of benzene rings is 1. The summed E-state index contributed by atoms with van der Waals surface area (Å²) in [6.45, 7) is 0. The molecule has 2 aromatic rings. The Morgan fingerprint density at radius 1 is 1.18 bits per heavy atom. The molecule has 1 aromatic heterocycles. The summed E-state index contributed by atoms with van der Waals surface area (Å²) < 4.78 is 26.3. The Morgan fingerprint density at radius 2 is 1.82 bits per heavy atom. The van der Waals surface area contributed by atoms with E-state index in [9.17, 15) is 13.6 Å². The van der Waals surface area contributed by atoms with Crippen molar-refractivity contribution in [2.75, 3.05) is 0 Å². The van der Waals surface area contributed by atoms with Gasteiger partial charge in [0.05, 0.1) is 0 Å². The second-order valence-electron chi connectivity index (χ2n) is 3.36. The molecule has 1 N–H and O–H groups in total. The van der Waals surface area contributed by atoms with Gasteiger partial charge in [-0.3, -0.25) is 0 Å². The van der Waals surface area contributed by atoms with Gasteiger partial charge in [-0.2, -0.15) is 0 Å². The van der Waals surface area contributed by atoms with Crippen molar-refractivity contribution < 1.29 is 18.7 Å². The van der Waals surface area contributed by atoms with Gasteiger partial charge in [-0.25, -0.2) is 18.6 Å². The van der Waals surface area contributed by atoms with Gasteiger partial charge in [0.1, 0.15) is 11.6 Å². The highest BCUT2D eigenvalue weighted by Gasteiger charge is 2.11. The van der Waals surface area contributed by atoms with E-state index in [1.807, 2.05) is 0 Å². The van der Waals surface area contributed by atoms with Gasteiger partial charge in [-0.1, -0.05) is 12.1 Å². The van der Waals surface area contributed by atoms with Crippen LogP contribution in [-0.2, 0) is 0 Å². The lowest BCUT2D eigenvalue weighted by atomic mass is 10.1. The molecule has 0 fully saturated rings. The number of carboxylic acid groups (broad SMARTS) is 1. The van der Waals surface area contributed by atoms with Crippen LogP contribution in [0.2, 0.25) is 0 Å². The topological polar surface area (TPSA) is 50.2 Å². The molecule has 1 heterocycles. The van der Waals surface area contributed by atoms with E-state index in [-0.39, 0.29) is 11.3 Å². The first-order chi connectivity index (χ1) is 8.08. The Morgan fingerprint density at radius 3 is 2.35 bits per heavy atom. The molecule has 2 rings (SSSR count). The number of pyridine rings is 1. The average Bonchev–Trinajstić information content (AvgIpc) is 2.30. The average molecular weight is 235 g/mol. The molecule has 0 saturated carbocycles. The largest absolute Gasteiger partial charge is 0.477 e. The van der Waals surface area contributed by atoms with Crippen LogP contribution >= 0.6 is 0 Å². The number of hydrogen-bond donors (Lipinski definition) is 1. The minimum absolute atomic E-state index is 0.134. The first kappa shape index (κ1) is 11.2. The van der Waals surface area contributed by atoms with Crippen LogP contribution in [0.5, 0.6) is 0 Å². The number of aromatic nitrogens is 1. The zero-order valence-electron chi connectivity index (χ0n) is 8.52. The lowest BCUT2D eigenvalue weighted by Crippen LogP contribution is -2.01. The molecule has 0 bridgehead atoms. The summed E-state index contributed by atoms with van der Waals surface area (Å²) in [7, 11) is 0. The number of nitrogens with zero attached hydrogens (tertiary/aromatic N) is 1. The molecule has 0 saturated heterocycles. The van der Waals surface area contributed by atoms with Crippen molar-refractivity contribution in [1.82, 2.24) is 4.98 Å². The highest BCUT2D eigenvalue weighted by atomic mass is 19.1. The molecule has 3 nitrogen and oxygen atoms in total. The molecule has 17 heavy (non-hydrogen) atoms. The molecule has 0 aliphatic rings. The van der Waals surface area contributed by atoms with E-state index >= 15 is 0 Å². The highest BCUT2D eigenvalue weighted by Crippen LogP contribution is 2.22. The van der Waals surface area contributed by atoms with E-state index in [1.165, 1.54) is 24.3 Å². The van der Waals surface area contributed by atoms with Gasteiger partial charge in [-0.05, 0) is 17.7 Å². The molecule has 0 spiro atoms. The molecule has 1 aromatic carbocycles. The smallest absolute Gasteiger partial charge is 0.354 e. The minimum atomic E-state index is -1.30. The maximum atomic E-state index is 13.6. The van der Waals surface area contributed by atoms with Crippen LogP contribution in [0.3, 0.4) is 0 Å². The summed E-state index contributed by atoms with van der Waals surface area (Å²) in [5, 5.41) is 8.63. The van der Waals surface area contributed by atoms with Gasteiger partial charge in [0.25, 0.3) is 0 Å². The molecule has 86 valence electrons. The van der Waals surface area contributed by atoms with Crippen molar-refractivity contribution >= 4 is 5.97 Å². The van der Waals surface area contributed by atoms with E-state index in [0.29, 0.717) is 5.56 Å². The van der Waals surface area contributed by atoms with E-state index in [2.05, 4.69) is 4.98 Å². The number of carboxylic acids is 1. The fourth-order valence-corrected chi connectivity index (χ4v) is 1.39. The molecular weight excluding hydrogens is 228 g/mol. The number of hydrogen-bond acceptors (Lipinski definition) is 2. The van der Waals surface area contributed by atoms with Gasteiger partial charge < -0.3 is 5.11 Å². The van der Waals surface area contributed by atoms with E-state index in [0.717, 1.165) is 12.3 Å². The van der Waals surface area contributed by atoms with E-state index in [1.54, 1.807) is 0 Å². The lowest BCUT2D eigenvalue weighted by molar-refractivity contribution is 0.0690. The van der Waals surface area contributed by atoms with Gasteiger partial charge in [0.15, 0.2) is 5.69 Å². The second-order valence-corrected chi connectivity index (χ2v) is 3.36. The third kappa shape index (κ3) is 2.28. The fourth-order valence-electron chi connectivity index (χ4n) is 1.39. The van der Waals surface area contributed by atoms with E-state index < -0.39 is 17.6 Å². The normalized spacial score (nSPS) is 10.2. The van der Waals surface area contributed by atoms with Crippen molar-refractivity contribution in [2.24, 2.45) is 0 Å². The number of aromatic carboxylic acids is 1. The molecule has 0 radical (unpaired) electrons. The van der Waals surface area contributed by atoms with Crippen molar-refractivity contribution in [2.45, 2.75) is 0 Å². The fraction of sp³-hybridized carbons (Fsp3) is 0. The van der Waals surface area contributed by atoms with Crippen LogP contribution in [0.25, 0.3) is 11.1 Å². The van der Waals surface area contributed by atoms with Crippen molar-refractivity contribution in [3.63, 3.8) is 0 Å². The Labute approximate surface area is 95.4 Å². The molecule has 0 aliphatic carbocycles. The molecule has 0 amide bonds. The second kappa shape index (κ2) is 4.29. The van der Waals surface area contributed by atoms with Crippen LogP contribution in [0.15, 0.2) is 36.5 Å². The third-order valence-corrected chi connectivity index (χ3v) is 2.23. The summed E-state index contributed by atoms with van der Waals surface area (Å²) in [6.07, 6.45) is 1.12. The Bertz CT molecular complexity index is 567. The molecule has 5 heteroatoms. The monoisotopic (exact) mass is 235 g/mol. The third-order valence-electron chi connectivity index (χ3n) is 2.23. The quantitative estimate of drug-likeness (QED) is 0.870. The summed E-state index contributed by atoms with van der Waals surface area (Å²) >= 11 is 0. The van der Waals surface area contributed by atoms with E-state index in [4.69, 9.17) is 5.11 Å². The van der Waals surface area contributed by atoms with Crippen LogP contribution in [0.4, 0.5) is 8.78 Å². The van der Waals surface area contributed by atoms with Gasteiger partial charge in [-0.15, -0.1) is 0 Å². The molecular formula is C12H7F2NO2. The molecule has 0 atom stereocenters. The van der Waals surface area contributed by atoms with Crippen LogP contribution < -0.4 is 0 Å². The summed E-state index contributed by atoms with van der Waals surface area (Å²) in [6, 6.07) is 6.02. The summed E-state index contributed by atoms with van der Waals surface area (Å²) in [4.78, 5) is 14.2. The standard InChI is InChI=1S/C12H7F2NO2/c13-8-3-1-7(2-4-8)9-6-15-11(12(16)17)5-10(9)14/h1-6H,(H,16,17). The van der Waals surface area contributed by atoms with Crippen LogP contribution in [0, 0.1) is 11.6 Å². The maximum absolute atomic E-state index is 13.6. The van der Waals surface area contributed by atoms with Crippen molar-refractivity contribution in [3.8, 4) is 11.1 Å². The summed E-state index contributed by atoms with van der Waals surface area (Å²) in [5.74, 6) is -2.43. The predicted molar refractivity (Wildman–Crippen MR) is 56.5 cm³/mol. The number of rotatable bonds is 2. The van der Waals surface area contributed by atoms with Gasteiger partial charge in [0, 0.05) is 17.8 Å². The zero-order chi connectivity index (χ0) is 12.4. The SMILES string of the molecule is O=C(O)c1cc(F)c(-c2ccc(F)cc2)cn1. The lowest BCUT2D eigenvalue weighted by Gasteiger charge is -2.03. The molecule has 0 unspecified atom stereocenters. The first-order valence-electron chi connectivity index (χ1n) is 4.72. The minimum Gasteiger partial charge on any atom is -0.477 e. The number of carbonyl (C=O) groups is 1.